The lowest BCUT2D eigenvalue weighted by molar-refractivity contribution is 0.235. The average molecular weight is 474 g/mol. The highest BCUT2D eigenvalue weighted by Gasteiger charge is 2.53. The van der Waals surface area contributed by atoms with E-state index in [9.17, 15) is 0 Å². The molecule has 1 heteroatoms. The summed E-state index contributed by atoms with van der Waals surface area (Å²) in [4.78, 5) is 0. The van der Waals surface area contributed by atoms with Crippen molar-refractivity contribution in [3.8, 4) is 11.1 Å². The van der Waals surface area contributed by atoms with Gasteiger partial charge in [0, 0.05) is 11.4 Å². The molecule has 0 aromatic heterocycles. The Morgan fingerprint density at radius 1 is 0.583 bits per heavy atom. The molecule has 0 aliphatic heterocycles. The number of nitrogens with one attached hydrogen (secondary N) is 1. The molecule has 1 N–H and O–H groups in total. The van der Waals surface area contributed by atoms with Gasteiger partial charge < -0.3 is 5.32 Å². The van der Waals surface area contributed by atoms with Gasteiger partial charge in [0.2, 0.25) is 0 Å². The monoisotopic (exact) mass is 473 g/mol. The number of hydrogen-bond acceptors (Lipinski definition) is 1. The summed E-state index contributed by atoms with van der Waals surface area (Å²) in [5.74, 6) is 0. The van der Waals surface area contributed by atoms with Crippen LogP contribution in [-0.4, -0.2) is 0 Å². The summed E-state index contributed by atoms with van der Waals surface area (Å²) >= 11 is 0. The molecule has 0 unspecified atom stereocenters. The number of hydrogen-bond donors (Lipinski definition) is 1. The van der Waals surface area contributed by atoms with E-state index < -0.39 is 0 Å². The third-order valence-electron chi connectivity index (χ3n) is 9.01. The molecule has 4 aromatic rings. The van der Waals surface area contributed by atoms with Gasteiger partial charge in [0.1, 0.15) is 0 Å². The third kappa shape index (κ3) is 3.68. The molecule has 0 saturated heterocycles. The zero-order valence-corrected chi connectivity index (χ0v) is 22.7. The van der Waals surface area contributed by atoms with Gasteiger partial charge in [-0.2, -0.15) is 0 Å². The van der Waals surface area contributed by atoms with Crippen molar-refractivity contribution in [3.63, 3.8) is 0 Å². The highest BCUT2D eigenvalue weighted by molar-refractivity contribution is 5.84. The molecule has 0 spiro atoms. The Morgan fingerprint density at radius 2 is 1.06 bits per heavy atom. The zero-order valence-electron chi connectivity index (χ0n) is 22.7. The standard InChI is InChI=1S/C35H39N/c1-7-33(3,4)25-17-21-27(22-18-25)36-28-23-19-26(20-24-28)35(34(5,6)8-2)31-15-11-9-13-29(31)30-14-10-12-16-32(30)35/h9-24,36H,7-8H2,1-6H3. The van der Waals surface area contributed by atoms with Crippen LogP contribution >= 0.6 is 0 Å². The quantitative estimate of drug-likeness (QED) is 0.281. The van der Waals surface area contributed by atoms with Crippen molar-refractivity contribution in [1.82, 2.24) is 0 Å². The molecule has 0 radical (unpaired) electrons. The lowest BCUT2D eigenvalue weighted by Gasteiger charge is -2.46. The molecule has 4 aromatic carbocycles. The van der Waals surface area contributed by atoms with E-state index in [0.717, 1.165) is 24.2 Å². The summed E-state index contributed by atoms with van der Waals surface area (Å²) in [6.07, 6.45) is 2.21. The average Bonchev–Trinajstić information content (AvgIpc) is 3.21. The molecule has 1 aliphatic rings. The van der Waals surface area contributed by atoms with Crippen LogP contribution in [-0.2, 0) is 10.8 Å². The van der Waals surface area contributed by atoms with Crippen LogP contribution in [0.25, 0.3) is 11.1 Å². The lowest BCUT2D eigenvalue weighted by Crippen LogP contribution is -2.42. The Labute approximate surface area is 217 Å². The summed E-state index contributed by atoms with van der Waals surface area (Å²) in [5.41, 5.74) is 10.6. The Morgan fingerprint density at radius 3 is 1.53 bits per heavy atom. The number of benzene rings is 4. The van der Waals surface area contributed by atoms with Crippen LogP contribution in [0.4, 0.5) is 11.4 Å². The summed E-state index contributed by atoms with van der Waals surface area (Å²) < 4.78 is 0. The molecule has 0 saturated carbocycles. The first-order chi connectivity index (χ1) is 17.2. The summed E-state index contributed by atoms with van der Waals surface area (Å²) in [7, 11) is 0. The molecule has 0 amide bonds. The van der Waals surface area contributed by atoms with E-state index in [4.69, 9.17) is 0 Å². The van der Waals surface area contributed by atoms with Gasteiger partial charge in [0.15, 0.2) is 0 Å². The van der Waals surface area contributed by atoms with Crippen molar-refractivity contribution < 1.29 is 0 Å². The molecule has 0 atom stereocenters. The van der Waals surface area contributed by atoms with E-state index in [1.807, 2.05) is 0 Å². The van der Waals surface area contributed by atoms with Gasteiger partial charge in [-0.25, -0.2) is 0 Å². The summed E-state index contributed by atoms with van der Waals surface area (Å²) in [6.45, 7) is 14.0. The molecule has 1 nitrogen and oxygen atoms in total. The maximum atomic E-state index is 3.62. The Bertz CT molecular complexity index is 1310. The van der Waals surface area contributed by atoms with Crippen molar-refractivity contribution in [3.05, 3.63) is 119 Å². The molecule has 0 heterocycles. The first-order valence-electron chi connectivity index (χ1n) is 13.4. The second-order valence-electron chi connectivity index (χ2n) is 11.6. The molecular formula is C35H39N. The van der Waals surface area contributed by atoms with Crippen LogP contribution in [0.2, 0.25) is 0 Å². The van der Waals surface area contributed by atoms with E-state index >= 15 is 0 Å². The smallest absolute Gasteiger partial charge is 0.0514 e. The van der Waals surface area contributed by atoms with Crippen molar-refractivity contribution in [1.29, 1.82) is 0 Å². The summed E-state index contributed by atoms with van der Waals surface area (Å²) in [5, 5.41) is 3.62. The van der Waals surface area contributed by atoms with Crippen LogP contribution in [0, 0.1) is 5.41 Å². The molecule has 1 aliphatic carbocycles. The van der Waals surface area contributed by atoms with Gasteiger partial charge in [-0.05, 0) is 81.3 Å². The fraction of sp³-hybridized carbons (Fsp3) is 0.314. The van der Waals surface area contributed by atoms with Crippen LogP contribution in [0.15, 0.2) is 97.1 Å². The Kier molecular flexibility index (Phi) is 6.07. The number of fused-ring (bicyclic) bond motifs is 3. The topological polar surface area (TPSA) is 12.0 Å². The van der Waals surface area contributed by atoms with E-state index in [2.05, 4.69) is 144 Å². The second-order valence-corrected chi connectivity index (χ2v) is 11.6. The van der Waals surface area contributed by atoms with Gasteiger partial charge >= 0.3 is 0 Å². The largest absolute Gasteiger partial charge is 0.356 e. The van der Waals surface area contributed by atoms with E-state index in [1.165, 1.54) is 33.4 Å². The van der Waals surface area contributed by atoms with Crippen molar-refractivity contribution in [2.45, 2.75) is 65.2 Å². The minimum Gasteiger partial charge on any atom is -0.356 e. The van der Waals surface area contributed by atoms with Gasteiger partial charge in [-0.3, -0.25) is 0 Å². The van der Waals surface area contributed by atoms with Crippen LogP contribution in [0.1, 0.15) is 76.6 Å². The number of anilines is 2. The second kappa shape index (κ2) is 8.96. The summed E-state index contributed by atoms with van der Waals surface area (Å²) in [6, 6.07) is 36.1. The van der Waals surface area contributed by atoms with E-state index in [-0.39, 0.29) is 16.2 Å². The molecule has 0 bridgehead atoms. The minimum atomic E-state index is -0.194. The van der Waals surface area contributed by atoms with Crippen LogP contribution in [0.5, 0.6) is 0 Å². The van der Waals surface area contributed by atoms with Crippen molar-refractivity contribution in [2.75, 3.05) is 5.32 Å². The molecule has 0 fully saturated rings. The fourth-order valence-corrected chi connectivity index (χ4v) is 6.11. The predicted molar refractivity (Wildman–Crippen MR) is 155 cm³/mol. The van der Waals surface area contributed by atoms with Gasteiger partial charge in [0.25, 0.3) is 0 Å². The first kappa shape index (κ1) is 24.4. The van der Waals surface area contributed by atoms with Gasteiger partial charge in [-0.15, -0.1) is 0 Å². The molecular weight excluding hydrogens is 434 g/mol. The Hall–Kier alpha value is -3.32. The Balaban J connectivity index is 1.56. The zero-order chi connectivity index (χ0) is 25.6. The molecule has 36 heavy (non-hydrogen) atoms. The molecule has 5 rings (SSSR count). The minimum absolute atomic E-state index is 0.0343. The van der Waals surface area contributed by atoms with Crippen molar-refractivity contribution >= 4 is 11.4 Å². The first-order valence-corrected chi connectivity index (χ1v) is 13.4. The predicted octanol–water partition coefficient (Wildman–Crippen LogP) is 9.87. The number of rotatable bonds is 7. The normalized spacial score (nSPS) is 14.3. The van der Waals surface area contributed by atoms with Gasteiger partial charge in [0.05, 0.1) is 5.41 Å². The highest BCUT2D eigenvalue weighted by Crippen LogP contribution is 2.61. The maximum absolute atomic E-state index is 3.62. The maximum Gasteiger partial charge on any atom is 0.0514 e. The van der Waals surface area contributed by atoms with E-state index in [1.54, 1.807) is 0 Å². The fourth-order valence-electron chi connectivity index (χ4n) is 6.11. The third-order valence-corrected chi connectivity index (χ3v) is 9.01. The van der Waals surface area contributed by atoms with Gasteiger partial charge in [-0.1, -0.05) is 114 Å². The van der Waals surface area contributed by atoms with Crippen LogP contribution < -0.4 is 5.32 Å². The van der Waals surface area contributed by atoms with E-state index in [0.29, 0.717) is 0 Å². The molecule has 184 valence electrons. The lowest BCUT2D eigenvalue weighted by atomic mass is 9.56. The SMILES string of the molecule is CCC(C)(C)c1ccc(Nc2ccc(C3(C(C)(C)CC)c4ccccc4-c4ccccc43)cc2)cc1. The highest BCUT2D eigenvalue weighted by atomic mass is 14.9. The van der Waals surface area contributed by atoms with Crippen molar-refractivity contribution in [2.24, 2.45) is 5.41 Å². The van der Waals surface area contributed by atoms with Crippen LogP contribution in [0.3, 0.4) is 0 Å².